The maximum atomic E-state index is 13.2. The van der Waals surface area contributed by atoms with Crippen molar-refractivity contribution in [1.29, 1.82) is 0 Å². The van der Waals surface area contributed by atoms with Crippen molar-refractivity contribution in [3.05, 3.63) is 59.4 Å². The van der Waals surface area contributed by atoms with Gasteiger partial charge in [-0.3, -0.25) is 4.98 Å². The first-order valence-electron chi connectivity index (χ1n) is 5.91. The minimum atomic E-state index is -0.580. The van der Waals surface area contributed by atoms with Crippen LogP contribution in [-0.4, -0.2) is 12.0 Å². The number of nitrogens with zero attached hydrogens (tertiary/aromatic N) is 1. The van der Waals surface area contributed by atoms with Gasteiger partial charge in [0.25, 0.3) is 0 Å². The summed E-state index contributed by atoms with van der Waals surface area (Å²) >= 11 is 0. The lowest BCUT2D eigenvalue weighted by Crippen LogP contribution is -2.20. The van der Waals surface area contributed by atoms with Crippen LogP contribution in [0, 0.1) is 11.6 Å². The first-order valence-corrected chi connectivity index (χ1v) is 5.91. The van der Waals surface area contributed by atoms with Crippen molar-refractivity contribution in [1.82, 2.24) is 10.3 Å². The topological polar surface area (TPSA) is 50.9 Å². The molecule has 5 heteroatoms. The molecule has 100 valence electrons. The van der Waals surface area contributed by atoms with Gasteiger partial charge in [-0.1, -0.05) is 0 Å². The largest absolute Gasteiger partial charge is 0.398 e. The third kappa shape index (κ3) is 3.26. The van der Waals surface area contributed by atoms with Crippen molar-refractivity contribution in [3.8, 4) is 0 Å². The third-order valence-electron chi connectivity index (χ3n) is 2.97. The number of hydrogen-bond donors (Lipinski definition) is 2. The molecule has 0 aliphatic rings. The van der Waals surface area contributed by atoms with Crippen LogP contribution in [0.3, 0.4) is 0 Å². The van der Waals surface area contributed by atoms with Gasteiger partial charge in [-0.25, -0.2) is 8.78 Å². The number of pyridine rings is 1. The molecule has 0 amide bonds. The van der Waals surface area contributed by atoms with Crippen molar-refractivity contribution < 1.29 is 8.78 Å². The number of likely N-dealkylation sites (N-methyl/N-ethyl adjacent to an activating group) is 1. The molecule has 0 spiro atoms. The van der Waals surface area contributed by atoms with Crippen LogP contribution in [-0.2, 0) is 6.42 Å². The summed E-state index contributed by atoms with van der Waals surface area (Å²) in [4.78, 5) is 4.02. The van der Waals surface area contributed by atoms with Crippen LogP contribution in [0.4, 0.5) is 14.5 Å². The molecule has 0 aliphatic heterocycles. The summed E-state index contributed by atoms with van der Waals surface area (Å²) in [5.74, 6) is -1.16. The van der Waals surface area contributed by atoms with Crippen LogP contribution in [0.5, 0.6) is 0 Å². The Hall–Kier alpha value is -2.01. The molecular weight excluding hydrogens is 248 g/mol. The zero-order valence-electron chi connectivity index (χ0n) is 10.5. The number of halogens is 2. The summed E-state index contributed by atoms with van der Waals surface area (Å²) in [5.41, 5.74) is 7.87. The van der Waals surface area contributed by atoms with Crippen molar-refractivity contribution in [2.24, 2.45) is 0 Å². The van der Waals surface area contributed by atoms with Gasteiger partial charge >= 0.3 is 0 Å². The highest BCUT2D eigenvalue weighted by atomic mass is 19.1. The molecule has 2 rings (SSSR count). The van der Waals surface area contributed by atoms with Gasteiger partial charge in [-0.15, -0.1) is 0 Å². The lowest BCUT2D eigenvalue weighted by Gasteiger charge is -2.18. The van der Waals surface area contributed by atoms with Crippen molar-refractivity contribution >= 4 is 5.69 Å². The van der Waals surface area contributed by atoms with Crippen LogP contribution in [0.1, 0.15) is 17.2 Å². The molecular formula is C14H15F2N3. The average molecular weight is 263 g/mol. The predicted molar refractivity (Wildman–Crippen MR) is 70.5 cm³/mol. The number of hydrogen-bond acceptors (Lipinski definition) is 3. The Bertz CT molecular complexity index is 552. The molecule has 0 fully saturated rings. The van der Waals surface area contributed by atoms with Crippen LogP contribution in [0.25, 0.3) is 0 Å². The average Bonchev–Trinajstić information content (AvgIpc) is 2.36. The van der Waals surface area contributed by atoms with E-state index in [0.717, 1.165) is 11.6 Å². The van der Waals surface area contributed by atoms with E-state index in [1.807, 2.05) is 0 Å². The smallest absolute Gasteiger partial charge is 0.126 e. The van der Waals surface area contributed by atoms with Crippen molar-refractivity contribution in [2.45, 2.75) is 12.5 Å². The maximum absolute atomic E-state index is 13.2. The summed E-state index contributed by atoms with van der Waals surface area (Å²) in [6.45, 7) is 0. The highest BCUT2D eigenvalue weighted by molar-refractivity contribution is 5.46. The van der Waals surface area contributed by atoms with E-state index < -0.39 is 11.6 Å². The fourth-order valence-electron chi connectivity index (χ4n) is 2.04. The standard InChI is InChI=1S/C14H15F2N3/c1-18-14(12-8-19-3-2-13(12)17)6-9-4-10(15)7-11(16)5-9/h2-5,7-8,14,18H,6H2,1H3,(H2,17,19). The number of nitrogens with one attached hydrogen (secondary N) is 1. The molecule has 1 aromatic heterocycles. The molecule has 1 unspecified atom stereocenters. The zero-order chi connectivity index (χ0) is 13.8. The van der Waals surface area contributed by atoms with Crippen molar-refractivity contribution in [3.63, 3.8) is 0 Å². The van der Waals surface area contributed by atoms with E-state index in [-0.39, 0.29) is 6.04 Å². The van der Waals surface area contributed by atoms with E-state index in [1.165, 1.54) is 12.1 Å². The zero-order valence-corrected chi connectivity index (χ0v) is 10.5. The van der Waals surface area contributed by atoms with Gasteiger partial charge in [-0.05, 0) is 37.2 Å². The molecule has 0 saturated heterocycles. The van der Waals surface area contributed by atoms with Crippen molar-refractivity contribution in [2.75, 3.05) is 12.8 Å². The van der Waals surface area contributed by atoms with Gasteiger partial charge in [0.1, 0.15) is 11.6 Å². The lowest BCUT2D eigenvalue weighted by atomic mass is 9.99. The van der Waals surface area contributed by atoms with Gasteiger partial charge < -0.3 is 11.1 Å². The SMILES string of the molecule is CNC(Cc1cc(F)cc(F)c1)c1cnccc1N. The predicted octanol–water partition coefficient (Wildman–Crippen LogP) is 2.45. The summed E-state index contributed by atoms with van der Waals surface area (Å²) in [6.07, 6.45) is 3.70. The number of aromatic nitrogens is 1. The van der Waals surface area contributed by atoms with Gasteiger partial charge in [0.2, 0.25) is 0 Å². The molecule has 1 heterocycles. The van der Waals surface area contributed by atoms with Crippen LogP contribution < -0.4 is 11.1 Å². The minimum absolute atomic E-state index is 0.144. The fraction of sp³-hybridized carbons (Fsp3) is 0.214. The number of nitrogens with two attached hydrogens (primary N) is 1. The van der Waals surface area contributed by atoms with Gasteiger partial charge in [0.15, 0.2) is 0 Å². The highest BCUT2D eigenvalue weighted by Gasteiger charge is 2.14. The fourth-order valence-corrected chi connectivity index (χ4v) is 2.04. The van der Waals surface area contributed by atoms with E-state index in [9.17, 15) is 8.78 Å². The number of anilines is 1. The van der Waals surface area contributed by atoms with E-state index in [4.69, 9.17) is 5.73 Å². The summed E-state index contributed by atoms with van der Waals surface area (Å²) < 4.78 is 26.3. The van der Waals surface area contributed by atoms with Crippen LogP contribution >= 0.6 is 0 Å². The van der Waals surface area contributed by atoms with E-state index in [2.05, 4.69) is 10.3 Å². The highest BCUT2D eigenvalue weighted by Crippen LogP contribution is 2.23. The summed E-state index contributed by atoms with van der Waals surface area (Å²) in [6, 6.07) is 5.05. The molecule has 3 nitrogen and oxygen atoms in total. The Morgan fingerprint density at radius 1 is 1.26 bits per heavy atom. The molecule has 19 heavy (non-hydrogen) atoms. The van der Waals surface area contributed by atoms with Gasteiger partial charge in [0.05, 0.1) is 0 Å². The number of rotatable bonds is 4. The Labute approximate surface area is 110 Å². The first kappa shape index (κ1) is 13.4. The lowest BCUT2D eigenvalue weighted by molar-refractivity contribution is 0.562. The molecule has 0 saturated carbocycles. The minimum Gasteiger partial charge on any atom is -0.398 e. The molecule has 0 radical (unpaired) electrons. The van der Waals surface area contributed by atoms with Gasteiger partial charge in [0, 0.05) is 35.8 Å². The molecule has 0 aliphatic carbocycles. The van der Waals surface area contributed by atoms with Crippen LogP contribution in [0.2, 0.25) is 0 Å². The second-order valence-electron chi connectivity index (χ2n) is 4.33. The van der Waals surface area contributed by atoms with Gasteiger partial charge in [-0.2, -0.15) is 0 Å². The molecule has 1 aromatic carbocycles. The Morgan fingerprint density at radius 3 is 2.53 bits per heavy atom. The summed E-state index contributed by atoms with van der Waals surface area (Å²) in [7, 11) is 1.77. The van der Waals surface area contributed by atoms with Crippen LogP contribution in [0.15, 0.2) is 36.7 Å². The second-order valence-corrected chi connectivity index (χ2v) is 4.33. The quantitative estimate of drug-likeness (QED) is 0.890. The number of nitrogen functional groups attached to an aromatic ring is 1. The van der Waals surface area contributed by atoms with E-state index in [1.54, 1.807) is 25.5 Å². The molecule has 3 N–H and O–H groups in total. The monoisotopic (exact) mass is 263 g/mol. The first-order chi connectivity index (χ1) is 9.10. The molecule has 0 bridgehead atoms. The normalized spacial score (nSPS) is 12.4. The molecule has 1 atom stereocenters. The van der Waals surface area contributed by atoms with E-state index in [0.29, 0.717) is 17.7 Å². The summed E-state index contributed by atoms with van der Waals surface area (Å²) in [5, 5.41) is 3.08. The second kappa shape index (κ2) is 5.75. The third-order valence-corrected chi connectivity index (χ3v) is 2.97. The molecule has 2 aromatic rings. The van der Waals surface area contributed by atoms with E-state index >= 15 is 0 Å². The maximum Gasteiger partial charge on any atom is 0.126 e. The Kier molecular flexibility index (Phi) is 4.06. The Morgan fingerprint density at radius 2 is 1.95 bits per heavy atom. The number of benzene rings is 1. The Balaban J connectivity index is 2.26.